The number of nitrogens with one attached hydrogen (secondary N) is 2. The summed E-state index contributed by atoms with van der Waals surface area (Å²) in [6, 6.07) is 5.54. The Morgan fingerprint density at radius 3 is 2.29 bits per heavy atom. The minimum absolute atomic E-state index is 0.0807. The summed E-state index contributed by atoms with van der Waals surface area (Å²) in [6.45, 7) is 2.69. The van der Waals surface area contributed by atoms with E-state index < -0.39 is 17.6 Å². The van der Waals surface area contributed by atoms with Gasteiger partial charge in [0.25, 0.3) is 0 Å². The van der Waals surface area contributed by atoms with E-state index >= 15 is 0 Å². The SMILES string of the molecule is COC(O)C(CSC(=O)Oc1ccc(NC(C)=O)cc1)NC(C)=O. The average molecular weight is 356 g/mol. The molecule has 0 saturated heterocycles. The van der Waals surface area contributed by atoms with Crippen molar-refractivity contribution in [1.82, 2.24) is 5.32 Å². The maximum atomic E-state index is 11.8. The Kier molecular flexibility index (Phi) is 8.24. The number of aliphatic hydroxyl groups is 1. The van der Waals surface area contributed by atoms with E-state index in [0.29, 0.717) is 11.4 Å². The van der Waals surface area contributed by atoms with Gasteiger partial charge in [0.2, 0.25) is 11.8 Å². The molecule has 0 radical (unpaired) electrons. The molecule has 1 aromatic carbocycles. The first kappa shape index (κ1) is 19.9. The predicted octanol–water partition coefficient (Wildman–Crippen LogP) is 1.35. The van der Waals surface area contributed by atoms with Gasteiger partial charge in [-0.1, -0.05) is 0 Å². The van der Waals surface area contributed by atoms with Crippen LogP contribution in [0.15, 0.2) is 24.3 Å². The number of methoxy groups -OCH3 is 1. The Morgan fingerprint density at radius 1 is 1.17 bits per heavy atom. The largest absolute Gasteiger partial charge is 0.418 e. The van der Waals surface area contributed by atoms with Crippen LogP contribution < -0.4 is 15.4 Å². The minimum atomic E-state index is -1.23. The van der Waals surface area contributed by atoms with Gasteiger partial charge in [-0.05, 0) is 36.0 Å². The minimum Gasteiger partial charge on any atom is -0.418 e. The van der Waals surface area contributed by atoms with E-state index in [1.165, 1.54) is 21.0 Å². The van der Waals surface area contributed by atoms with Crippen LogP contribution in [0.5, 0.6) is 5.75 Å². The predicted molar refractivity (Wildman–Crippen MR) is 89.8 cm³/mol. The van der Waals surface area contributed by atoms with Crippen LogP contribution in [0.3, 0.4) is 0 Å². The fourth-order valence-electron chi connectivity index (χ4n) is 1.71. The summed E-state index contributed by atoms with van der Waals surface area (Å²) in [5.41, 5.74) is 0.587. The second kappa shape index (κ2) is 9.91. The van der Waals surface area contributed by atoms with Gasteiger partial charge in [-0.15, -0.1) is 0 Å². The molecule has 2 amide bonds. The number of amides is 2. The van der Waals surface area contributed by atoms with Crippen molar-refractivity contribution in [2.75, 3.05) is 18.2 Å². The molecule has 8 nitrogen and oxygen atoms in total. The van der Waals surface area contributed by atoms with Crippen LogP contribution in [0, 0.1) is 0 Å². The van der Waals surface area contributed by atoms with Crippen LogP contribution in [0.1, 0.15) is 13.8 Å². The fraction of sp³-hybridized carbons (Fsp3) is 0.400. The van der Waals surface area contributed by atoms with Crippen LogP contribution in [0.2, 0.25) is 0 Å². The molecule has 3 N–H and O–H groups in total. The van der Waals surface area contributed by atoms with Gasteiger partial charge in [0.15, 0.2) is 6.29 Å². The summed E-state index contributed by atoms with van der Waals surface area (Å²) in [4.78, 5) is 33.8. The number of thioether (sulfide) groups is 1. The van der Waals surface area contributed by atoms with E-state index in [2.05, 4.69) is 10.6 Å². The van der Waals surface area contributed by atoms with Gasteiger partial charge in [0.05, 0.1) is 6.04 Å². The van der Waals surface area contributed by atoms with Gasteiger partial charge in [-0.25, -0.2) is 4.79 Å². The average Bonchev–Trinajstić information content (AvgIpc) is 2.51. The van der Waals surface area contributed by atoms with Crippen molar-refractivity contribution in [2.45, 2.75) is 26.2 Å². The monoisotopic (exact) mass is 356 g/mol. The zero-order chi connectivity index (χ0) is 18.1. The molecule has 0 heterocycles. The third-order valence-electron chi connectivity index (χ3n) is 2.73. The number of anilines is 1. The van der Waals surface area contributed by atoms with Crippen molar-refractivity contribution < 1.29 is 29.0 Å². The lowest BCUT2D eigenvalue weighted by atomic mass is 10.3. The molecule has 0 bridgehead atoms. The molecule has 9 heteroatoms. The zero-order valence-electron chi connectivity index (χ0n) is 13.6. The van der Waals surface area contributed by atoms with Crippen LogP contribution >= 0.6 is 11.8 Å². The highest BCUT2D eigenvalue weighted by Crippen LogP contribution is 2.19. The highest BCUT2D eigenvalue weighted by molar-refractivity contribution is 8.13. The molecule has 2 unspecified atom stereocenters. The number of hydrogen-bond acceptors (Lipinski definition) is 7. The number of benzene rings is 1. The molecule has 0 aliphatic heterocycles. The Balaban J connectivity index is 2.52. The van der Waals surface area contributed by atoms with Gasteiger partial charge in [0.1, 0.15) is 5.75 Å². The van der Waals surface area contributed by atoms with Gasteiger partial charge < -0.3 is 25.2 Å². The molecule has 0 saturated carbocycles. The standard InChI is InChI=1S/C15H20N2O6S/c1-9(18)16-11-4-6-12(7-5-11)23-15(21)24-8-13(14(20)22-3)17-10(2)19/h4-7,13-14,20H,8H2,1-3H3,(H,16,18)(H,17,19). The van der Waals surface area contributed by atoms with Crippen molar-refractivity contribution in [3.63, 3.8) is 0 Å². The molecule has 2 atom stereocenters. The number of hydrogen-bond donors (Lipinski definition) is 3. The molecule has 0 fully saturated rings. The number of carbonyl (C=O) groups is 3. The first-order chi connectivity index (χ1) is 11.3. The lowest BCUT2D eigenvalue weighted by molar-refractivity contribution is -0.126. The van der Waals surface area contributed by atoms with Gasteiger partial charge in [-0.2, -0.15) is 0 Å². The summed E-state index contributed by atoms with van der Waals surface area (Å²) < 4.78 is 9.87. The molecule has 0 spiro atoms. The Bertz CT molecular complexity index is 578. The first-order valence-electron chi connectivity index (χ1n) is 7.02. The van der Waals surface area contributed by atoms with Gasteiger partial charge in [0, 0.05) is 32.4 Å². The fourth-order valence-corrected chi connectivity index (χ4v) is 2.43. The normalized spacial score (nSPS) is 12.8. The second-order valence-electron chi connectivity index (χ2n) is 4.80. The molecular formula is C15H20N2O6S. The molecule has 0 aliphatic carbocycles. The van der Waals surface area contributed by atoms with Crippen LogP contribution in [0.25, 0.3) is 0 Å². The molecular weight excluding hydrogens is 336 g/mol. The van der Waals surface area contributed by atoms with Crippen LogP contribution in [-0.4, -0.2) is 47.4 Å². The molecule has 1 aromatic rings. The van der Waals surface area contributed by atoms with E-state index in [-0.39, 0.29) is 17.6 Å². The van der Waals surface area contributed by atoms with E-state index in [1.54, 1.807) is 24.3 Å². The zero-order valence-corrected chi connectivity index (χ0v) is 14.4. The molecule has 0 aliphatic rings. The molecule has 132 valence electrons. The van der Waals surface area contributed by atoms with E-state index in [4.69, 9.17) is 9.47 Å². The molecule has 0 aromatic heterocycles. The third-order valence-corrected chi connectivity index (χ3v) is 3.58. The Hall–Kier alpha value is -2.10. The van der Waals surface area contributed by atoms with Crippen molar-refractivity contribution in [3.8, 4) is 5.75 Å². The quantitative estimate of drug-likeness (QED) is 0.499. The first-order valence-corrected chi connectivity index (χ1v) is 8.00. The number of aliphatic hydroxyl groups excluding tert-OH is 1. The number of ether oxygens (including phenoxy) is 2. The smallest absolute Gasteiger partial charge is 0.372 e. The van der Waals surface area contributed by atoms with Crippen LogP contribution in [-0.2, 0) is 14.3 Å². The maximum Gasteiger partial charge on any atom is 0.372 e. The summed E-state index contributed by atoms with van der Waals surface area (Å²) in [5, 5.41) is 14.1. The van der Waals surface area contributed by atoms with E-state index in [9.17, 15) is 19.5 Å². The topological polar surface area (TPSA) is 114 Å². The number of carbonyl (C=O) groups excluding carboxylic acids is 3. The highest BCUT2D eigenvalue weighted by Gasteiger charge is 2.21. The van der Waals surface area contributed by atoms with E-state index in [1.807, 2.05) is 0 Å². The highest BCUT2D eigenvalue weighted by atomic mass is 32.2. The van der Waals surface area contributed by atoms with Crippen molar-refractivity contribution in [1.29, 1.82) is 0 Å². The summed E-state index contributed by atoms with van der Waals surface area (Å²) in [6.07, 6.45) is -1.23. The summed E-state index contributed by atoms with van der Waals surface area (Å²) >= 11 is 0.794. The molecule has 1 rings (SSSR count). The van der Waals surface area contributed by atoms with Crippen molar-refractivity contribution in [2.24, 2.45) is 0 Å². The molecule has 24 heavy (non-hydrogen) atoms. The Labute approximate surface area is 143 Å². The lowest BCUT2D eigenvalue weighted by Crippen LogP contribution is -2.45. The maximum absolute atomic E-state index is 11.8. The van der Waals surface area contributed by atoms with Crippen LogP contribution in [0.4, 0.5) is 10.5 Å². The number of rotatable bonds is 7. The summed E-state index contributed by atoms with van der Waals surface area (Å²) in [7, 11) is 1.29. The lowest BCUT2D eigenvalue weighted by Gasteiger charge is -2.21. The second-order valence-corrected chi connectivity index (χ2v) is 5.76. The van der Waals surface area contributed by atoms with E-state index in [0.717, 1.165) is 11.8 Å². The van der Waals surface area contributed by atoms with Gasteiger partial charge in [-0.3, -0.25) is 9.59 Å². The van der Waals surface area contributed by atoms with Crippen molar-refractivity contribution in [3.05, 3.63) is 24.3 Å². The third kappa shape index (κ3) is 7.44. The van der Waals surface area contributed by atoms with Crippen molar-refractivity contribution >= 4 is 34.6 Å². The summed E-state index contributed by atoms with van der Waals surface area (Å²) in [5.74, 6) is -0.156. The van der Waals surface area contributed by atoms with Gasteiger partial charge >= 0.3 is 5.30 Å². The Morgan fingerprint density at radius 2 is 1.79 bits per heavy atom.